The van der Waals surface area contributed by atoms with Crippen molar-refractivity contribution in [2.45, 2.75) is 39.2 Å². The van der Waals surface area contributed by atoms with E-state index < -0.39 is 0 Å². The smallest absolute Gasteiger partial charge is 0.0206 e. The molecule has 1 heterocycles. The van der Waals surface area contributed by atoms with Crippen molar-refractivity contribution in [3.05, 3.63) is 33.8 Å². The van der Waals surface area contributed by atoms with Crippen LogP contribution in [0.1, 0.15) is 36.8 Å². The Morgan fingerprint density at radius 1 is 1.16 bits per heavy atom. The predicted molar refractivity (Wildman–Crippen MR) is 85.5 cm³/mol. The maximum atomic E-state index is 3.56. The van der Waals surface area contributed by atoms with E-state index in [9.17, 15) is 0 Å². The largest absolute Gasteiger partial charge is 0.311 e. The topological polar surface area (TPSA) is 15.3 Å². The summed E-state index contributed by atoms with van der Waals surface area (Å²) in [5, 5.41) is 3.56. The molecule has 1 aliphatic heterocycles. The van der Waals surface area contributed by atoms with Gasteiger partial charge in [-0.05, 0) is 50.0 Å². The Kier molecular flexibility index (Phi) is 6.35. The normalized spacial score (nSPS) is 17.4. The van der Waals surface area contributed by atoms with Crippen molar-refractivity contribution in [1.82, 2.24) is 10.2 Å². The second-order valence-electron chi connectivity index (χ2n) is 5.52. The molecule has 1 aromatic carbocycles. The van der Waals surface area contributed by atoms with Crippen LogP contribution in [0.2, 0.25) is 0 Å². The molecule has 0 atom stereocenters. The van der Waals surface area contributed by atoms with Crippen LogP contribution in [0.4, 0.5) is 0 Å². The Labute approximate surface area is 125 Å². The van der Waals surface area contributed by atoms with Gasteiger partial charge in [-0.3, -0.25) is 0 Å². The summed E-state index contributed by atoms with van der Waals surface area (Å²) in [6.07, 6.45) is 5.60. The number of hydrogen-bond acceptors (Lipinski definition) is 2. The van der Waals surface area contributed by atoms with Crippen LogP contribution in [-0.2, 0) is 6.54 Å². The number of nitrogens with one attached hydrogen (secondary N) is 1. The van der Waals surface area contributed by atoms with E-state index in [4.69, 9.17) is 0 Å². The van der Waals surface area contributed by atoms with E-state index >= 15 is 0 Å². The van der Waals surface area contributed by atoms with E-state index in [-0.39, 0.29) is 0 Å². The van der Waals surface area contributed by atoms with Crippen LogP contribution in [0.25, 0.3) is 0 Å². The summed E-state index contributed by atoms with van der Waals surface area (Å²) in [5.74, 6) is 0. The van der Waals surface area contributed by atoms with Gasteiger partial charge in [0.1, 0.15) is 0 Å². The second-order valence-corrected chi connectivity index (χ2v) is 6.37. The number of aryl methyl sites for hydroxylation is 1. The van der Waals surface area contributed by atoms with Gasteiger partial charge < -0.3 is 10.2 Å². The summed E-state index contributed by atoms with van der Waals surface area (Å²) < 4.78 is 1.20. The van der Waals surface area contributed by atoms with Crippen LogP contribution in [0.15, 0.2) is 22.7 Å². The summed E-state index contributed by atoms with van der Waals surface area (Å²) in [6.45, 7) is 7.98. The molecule has 0 aliphatic carbocycles. The molecule has 0 amide bonds. The first-order valence-corrected chi connectivity index (χ1v) is 8.23. The minimum absolute atomic E-state index is 0.974. The van der Waals surface area contributed by atoms with Crippen molar-refractivity contribution in [2.75, 3.05) is 26.2 Å². The van der Waals surface area contributed by atoms with Crippen LogP contribution >= 0.6 is 15.9 Å². The molecule has 0 spiro atoms. The Morgan fingerprint density at radius 3 is 2.58 bits per heavy atom. The van der Waals surface area contributed by atoms with E-state index in [0.717, 1.165) is 13.1 Å². The molecule has 19 heavy (non-hydrogen) atoms. The van der Waals surface area contributed by atoms with Crippen molar-refractivity contribution in [2.24, 2.45) is 0 Å². The van der Waals surface area contributed by atoms with Gasteiger partial charge in [0.2, 0.25) is 0 Å². The zero-order valence-corrected chi connectivity index (χ0v) is 13.5. The summed E-state index contributed by atoms with van der Waals surface area (Å²) in [5.41, 5.74) is 2.68. The van der Waals surface area contributed by atoms with Crippen molar-refractivity contribution >= 4 is 15.9 Å². The van der Waals surface area contributed by atoms with Crippen LogP contribution in [0.3, 0.4) is 0 Å². The predicted octanol–water partition coefficient (Wildman–Crippen LogP) is 3.72. The molecule has 1 N–H and O–H groups in total. The molecule has 1 fully saturated rings. The van der Waals surface area contributed by atoms with Crippen LogP contribution < -0.4 is 5.32 Å². The van der Waals surface area contributed by atoms with Gasteiger partial charge >= 0.3 is 0 Å². The molecule has 3 heteroatoms. The molecule has 0 unspecified atom stereocenters. The molecule has 0 bridgehead atoms. The fourth-order valence-electron chi connectivity index (χ4n) is 2.65. The third-order valence-electron chi connectivity index (χ3n) is 3.85. The van der Waals surface area contributed by atoms with Gasteiger partial charge in [0.25, 0.3) is 0 Å². The fourth-order valence-corrected chi connectivity index (χ4v) is 2.89. The van der Waals surface area contributed by atoms with E-state index in [1.165, 1.54) is 60.9 Å². The average Bonchev–Trinajstić information content (AvgIpc) is 2.67. The molecule has 106 valence electrons. The van der Waals surface area contributed by atoms with E-state index in [1.54, 1.807) is 0 Å². The first-order chi connectivity index (χ1) is 9.25. The summed E-state index contributed by atoms with van der Waals surface area (Å²) >= 11 is 3.54. The number of likely N-dealkylation sites (tertiary alicyclic amines) is 1. The molecule has 0 aromatic heterocycles. The lowest BCUT2D eigenvalue weighted by molar-refractivity contribution is 0.284. The summed E-state index contributed by atoms with van der Waals surface area (Å²) in [4.78, 5) is 2.60. The maximum Gasteiger partial charge on any atom is 0.0206 e. The van der Waals surface area contributed by atoms with Gasteiger partial charge in [-0.2, -0.15) is 0 Å². The second kappa shape index (κ2) is 8.03. The Balaban J connectivity index is 1.67. The molecule has 2 nitrogen and oxygen atoms in total. The van der Waals surface area contributed by atoms with Gasteiger partial charge in [-0.15, -0.1) is 0 Å². The Morgan fingerprint density at radius 2 is 1.89 bits per heavy atom. The highest BCUT2D eigenvalue weighted by Gasteiger charge is 2.07. The highest BCUT2D eigenvalue weighted by atomic mass is 79.9. The van der Waals surface area contributed by atoms with E-state index in [1.807, 2.05) is 0 Å². The third-order valence-corrected chi connectivity index (χ3v) is 4.74. The molecule has 0 saturated carbocycles. The van der Waals surface area contributed by atoms with Crippen molar-refractivity contribution in [3.8, 4) is 0 Å². The average molecular weight is 325 g/mol. The van der Waals surface area contributed by atoms with Crippen LogP contribution in [0.5, 0.6) is 0 Å². The molecular formula is C16H25BrN2. The quantitative estimate of drug-likeness (QED) is 0.830. The molecule has 1 saturated heterocycles. The van der Waals surface area contributed by atoms with Gasteiger partial charge in [-0.25, -0.2) is 0 Å². The summed E-state index contributed by atoms with van der Waals surface area (Å²) in [6, 6.07) is 6.58. The van der Waals surface area contributed by atoms with Gasteiger partial charge in [0, 0.05) is 24.1 Å². The molecule has 1 aliphatic rings. The lowest BCUT2D eigenvalue weighted by atomic mass is 10.1. The monoisotopic (exact) mass is 324 g/mol. The molecule has 2 rings (SSSR count). The van der Waals surface area contributed by atoms with Crippen molar-refractivity contribution in [3.63, 3.8) is 0 Å². The van der Waals surface area contributed by atoms with Crippen molar-refractivity contribution < 1.29 is 0 Å². The van der Waals surface area contributed by atoms with Crippen molar-refractivity contribution in [1.29, 1.82) is 0 Å². The highest BCUT2D eigenvalue weighted by molar-refractivity contribution is 9.10. The van der Waals surface area contributed by atoms with E-state index in [0.29, 0.717) is 0 Å². The zero-order chi connectivity index (χ0) is 13.5. The van der Waals surface area contributed by atoms with Crippen LogP contribution in [-0.4, -0.2) is 31.1 Å². The first kappa shape index (κ1) is 15.0. The Bertz CT molecular complexity index is 384. The lowest BCUT2D eigenvalue weighted by Crippen LogP contribution is -2.32. The summed E-state index contributed by atoms with van der Waals surface area (Å²) in [7, 11) is 0. The lowest BCUT2D eigenvalue weighted by Gasteiger charge is -2.19. The Hall–Kier alpha value is -0.380. The minimum atomic E-state index is 0.974. The number of nitrogens with zero attached hydrogens (tertiary/aromatic N) is 1. The number of benzene rings is 1. The van der Waals surface area contributed by atoms with Gasteiger partial charge in [0.05, 0.1) is 0 Å². The van der Waals surface area contributed by atoms with Crippen LogP contribution in [0, 0.1) is 6.92 Å². The minimum Gasteiger partial charge on any atom is -0.311 e. The highest BCUT2D eigenvalue weighted by Crippen LogP contribution is 2.16. The molecule has 1 aromatic rings. The standard InChI is InChI=1S/C16H25BrN2/c1-14-12-15(6-7-16(14)17)13-18-8-11-19-9-4-2-3-5-10-19/h6-7,12,18H,2-5,8-11,13H2,1H3. The number of hydrogen-bond donors (Lipinski definition) is 1. The molecular weight excluding hydrogens is 300 g/mol. The zero-order valence-electron chi connectivity index (χ0n) is 11.9. The molecule has 0 radical (unpaired) electrons. The maximum absolute atomic E-state index is 3.56. The fraction of sp³-hybridized carbons (Fsp3) is 0.625. The van der Waals surface area contributed by atoms with Gasteiger partial charge in [-0.1, -0.05) is 40.9 Å². The number of rotatable bonds is 5. The van der Waals surface area contributed by atoms with E-state index in [2.05, 4.69) is 51.3 Å². The first-order valence-electron chi connectivity index (χ1n) is 7.44. The third kappa shape index (κ3) is 5.25. The number of halogens is 1. The van der Waals surface area contributed by atoms with Gasteiger partial charge in [0.15, 0.2) is 0 Å². The SMILES string of the molecule is Cc1cc(CNCCN2CCCCCC2)ccc1Br.